The molecule has 0 bridgehead atoms. The lowest BCUT2D eigenvalue weighted by atomic mass is 10.2. The van der Waals surface area contributed by atoms with Gasteiger partial charge in [0.05, 0.1) is 16.8 Å². The van der Waals surface area contributed by atoms with Crippen molar-refractivity contribution in [2.75, 3.05) is 29.0 Å². The summed E-state index contributed by atoms with van der Waals surface area (Å²) in [6.45, 7) is 2.48. The molecule has 1 amide bonds. The number of carbonyl (C=O) groups excluding carboxylic acids is 1. The van der Waals surface area contributed by atoms with Crippen LogP contribution < -0.4 is 9.62 Å². The van der Waals surface area contributed by atoms with Crippen LogP contribution in [0.4, 0.5) is 11.4 Å². The highest BCUT2D eigenvalue weighted by atomic mass is 35.5. The van der Waals surface area contributed by atoms with E-state index in [1.165, 1.54) is 47.6 Å². The fourth-order valence-corrected chi connectivity index (χ4v) is 6.43. The van der Waals surface area contributed by atoms with E-state index >= 15 is 0 Å². The summed E-state index contributed by atoms with van der Waals surface area (Å²) < 4.78 is 52.7. The standard InChI is InChI=1S/C21H26ClN3O5S2/c1-16(25(31(2,27)28)19-10-6-17(22)7-11-19)21(26)23-18-8-12-20(13-9-18)32(29,30)24-14-4-3-5-15-24/h6-13,16H,3-5,14-15H2,1-2H3,(H,23,26). The average molecular weight is 500 g/mol. The first-order chi connectivity index (χ1) is 15.0. The van der Waals surface area contributed by atoms with E-state index in [1.807, 2.05) is 0 Å². The second kappa shape index (κ2) is 9.78. The number of hydrogen-bond donors (Lipinski definition) is 1. The van der Waals surface area contributed by atoms with Crippen molar-refractivity contribution in [3.05, 3.63) is 53.6 Å². The summed E-state index contributed by atoms with van der Waals surface area (Å²) in [7, 11) is -7.33. The summed E-state index contributed by atoms with van der Waals surface area (Å²) >= 11 is 5.88. The molecule has 174 valence electrons. The molecule has 1 aliphatic heterocycles. The Kier molecular flexibility index (Phi) is 7.49. The molecule has 0 saturated carbocycles. The Morgan fingerprint density at radius 2 is 1.53 bits per heavy atom. The Morgan fingerprint density at radius 1 is 0.969 bits per heavy atom. The second-order valence-corrected chi connectivity index (χ2v) is 11.9. The molecule has 8 nitrogen and oxygen atoms in total. The quantitative estimate of drug-likeness (QED) is 0.629. The zero-order chi connectivity index (χ0) is 23.5. The Balaban J connectivity index is 1.76. The van der Waals surface area contributed by atoms with E-state index < -0.39 is 32.0 Å². The van der Waals surface area contributed by atoms with Crippen LogP contribution in [0.1, 0.15) is 26.2 Å². The maximum Gasteiger partial charge on any atom is 0.247 e. The van der Waals surface area contributed by atoms with Crippen molar-refractivity contribution in [2.24, 2.45) is 0 Å². The molecule has 3 rings (SSSR count). The van der Waals surface area contributed by atoms with Crippen molar-refractivity contribution in [3.8, 4) is 0 Å². The fourth-order valence-electron chi connectivity index (χ4n) is 3.61. The van der Waals surface area contributed by atoms with E-state index in [4.69, 9.17) is 11.6 Å². The molecule has 1 unspecified atom stereocenters. The van der Waals surface area contributed by atoms with Crippen molar-refractivity contribution < 1.29 is 21.6 Å². The lowest BCUT2D eigenvalue weighted by Gasteiger charge is -2.28. The van der Waals surface area contributed by atoms with Crippen molar-refractivity contribution >= 4 is 48.9 Å². The van der Waals surface area contributed by atoms with Crippen molar-refractivity contribution in [1.29, 1.82) is 0 Å². The third-order valence-electron chi connectivity index (χ3n) is 5.24. The van der Waals surface area contributed by atoms with Gasteiger partial charge in [-0.15, -0.1) is 0 Å². The van der Waals surface area contributed by atoms with Crippen LogP contribution in [0.15, 0.2) is 53.4 Å². The third kappa shape index (κ3) is 5.61. The van der Waals surface area contributed by atoms with E-state index in [-0.39, 0.29) is 4.90 Å². The molecule has 1 saturated heterocycles. The summed E-state index contributed by atoms with van der Waals surface area (Å²) in [5, 5.41) is 3.10. The molecule has 2 aromatic rings. The number of rotatable bonds is 7. The van der Waals surface area contributed by atoms with Gasteiger partial charge in [-0.1, -0.05) is 18.0 Å². The van der Waals surface area contributed by atoms with Crippen LogP contribution >= 0.6 is 11.6 Å². The van der Waals surface area contributed by atoms with Gasteiger partial charge in [0.25, 0.3) is 0 Å². The predicted molar refractivity (Wildman–Crippen MR) is 126 cm³/mol. The van der Waals surface area contributed by atoms with Crippen LogP contribution in [0.5, 0.6) is 0 Å². The van der Waals surface area contributed by atoms with Gasteiger partial charge in [-0.2, -0.15) is 4.31 Å². The van der Waals surface area contributed by atoms with Gasteiger partial charge in [-0.3, -0.25) is 9.10 Å². The van der Waals surface area contributed by atoms with Gasteiger partial charge in [0.2, 0.25) is 26.0 Å². The number of sulfonamides is 2. The Labute approximate surface area is 194 Å². The van der Waals surface area contributed by atoms with Gasteiger partial charge < -0.3 is 5.32 Å². The number of anilines is 2. The molecule has 1 atom stereocenters. The first-order valence-electron chi connectivity index (χ1n) is 10.2. The zero-order valence-corrected chi connectivity index (χ0v) is 20.3. The molecule has 0 aliphatic carbocycles. The van der Waals surface area contributed by atoms with Crippen molar-refractivity contribution in [1.82, 2.24) is 4.31 Å². The highest BCUT2D eigenvalue weighted by molar-refractivity contribution is 7.92. The van der Waals surface area contributed by atoms with Gasteiger partial charge in [0, 0.05) is 23.8 Å². The first kappa shape index (κ1) is 24.5. The average Bonchev–Trinajstić information content (AvgIpc) is 2.75. The summed E-state index contributed by atoms with van der Waals surface area (Å²) in [6, 6.07) is 10.9. The Bertz CT molecular complexity index is 1160. The predicted octanol–water partition coefficient (Wildman–Crippen LogP) is 3.31. The van der Waals surface area contributed by atoms with E-state index in [0.717, 1.165) is 29.8 Å². The van der Waals surface area contributed by atoms with E-state index in [0.29, 0.717) is 29.5 Å². The van der Waals surface area contributed by atoms with E-state index in [1.54, 1.807) is 12.1 Å². The van der Waals surface area contributed by atoms with Crippen LogP contribution in [0, 0.1) is 0 Å². The highest BCUT2D eigenvalue weighted by Gasteiger charge is 2.30. The normalized spacial score (nSPS) is 16.3. The number of carbonyl (C=O) groups is 1. The van der Waals surface area contributed by atoms with Gasteiger partial charge in [-0.05, 0) is 68.3 Å². The molecule has 11 heteroatoms. The third-order valence-corrected chi connectivity index (χ3v) is 8.65. The van der Waals surface area contributed by atoms with E-state index in [2.05, 4.69) is 5.32 Å². The van der Waals surface area contributed by atoms with Gasteiger partial charge in [-0.25, -0.2) is 16.8 Å². The number of amides is 1. The molecule has 0 aromatic heterocycles. The summed E-state index contributed by atoms with van der Waals surface area (Å²) in [5.41, 5.74) is 0.673. The molecular weight excluding hydrogens is 474 g/mol. The molecule has 0 spiro atoms. The summed E-state index contributed by atoms with van der Waals surface area (Å²) in [5.74, 6) is -0.558. The van der Waals surface area contributed by atoms with Crippen LogP contribution in [0.2, 0.25) is 5.02 Å². The number of halogens is 1. The monoisotopic (exact) mass is 499 g/mol. The van der Waals surface area contributed by atoms with Crippen molar-refractivity contribution in [3.63, 3.8) is 0 Å². The molecule has 1 aliphatic rings. The van der Waals surface area contributed by atoms with Gasteiger partial charge in [0.15, 0.2) is 0 Å². The second-order valence-electron chi connectivity index (χ2n) is 7.69. The molecular formula is C21H26ClN3O5S2. The largest absolute Gasteiger partial charge is 0.324 e. The SMILES string of the molecule is CC(C(=O)Nc1ccc(S(=O)(=O)N2CCCCC2)cc1)N(c1ccc(Cl)cc1)S(C)(=O)=O. The van der Waals surface area contributed by atoms with Gasteiger partial charge in [0.1, 0.15) is 6.04 Å². The summed E-state index contributed by atoms with van der Waals surface area (Å²) in [6.07, 6.45) is 3.73. The number of benzene rings is 2. The lowest BCUT2D eigenvalue weighted by Crippen LogP contribution is -2.45. The molecule has 0 radical (unpaired) electrons. The smallest absolute Gasteiger partial charge is 0.247 e. The molecule has 2 aromatic carbocycles. The minimum Gasteiger partial charge on any atom is -0.324 e. The maximum absolute atomic E-state index is 12.8. The fraction of sp³-hybridized carbons (Fsp3) is 0.381. The zero-order valence-electron chi connectivity index (χ0n) is 17.9. The van der Waals surface area contributed by atoms with Crippen molar-refractivity contribution in [2.45, 2.75) is 37.1 Å². The highest BCUT2D eigenvalue weighted by Crippen LogP contribution is 2.25. The van der Waals surface area contributed by atoms with Crippen LogP contribution in [0.3, 0.4) is 0 Å². The lowest BCUT2D eigenvalue weighted by molar-refractivity contribution is -0.116. The van der Waals surface area contributed by atoms with Crippen LogP contribution in [-0.2, 0) is 24.8 Å². The van der Waals surface area contributed by atoms with Crippen LogP contribution in [-0.4, -0.2) is 52.4 Å². The van der Waals surface area contributed by atoms with Crippen LogP contribution in [0.25, 0.3) is 0 Å². The number of hydrogen-bond acceptors (Lipinski definition) is 5. The minimum absolute atomic E-state index is 0.157. The Morgan fingerprint density at radius 3 is 2.06 bits per heavy atom. The molecule has 1 heterocycles. The number of piperidine rings is 1. The number of nitrogens with one attached hydrogen (secondary N) is 1. The van der Waals surface area contributed by atoms with E-state index in [9.17, 15) is 21.6 Å². The number of nitrogens with zero attached hydrogens (tertiary/aromatic N) is 2. The maximum atomic E-state index is 12.8. The topological polar surface area (TPSA) is 104 Å². The van der Waals surface area contributed by atoms with Gasteiger partial charge >= 0.3 is 0 Å². The Hall–Kier alpha value is -2.14. The minimum atomic E-state index is -3.76. The summed E-state index contributed by atoms with van der Waals surface area (Å²) in [4.78, 5) is 13.0. The first-order valence-corrected chi connectivity index (χ1v) is 13.8. The molecule has 32 heavy (non-hydrogen) atoms. The molecule has 1 N–H and O–H groups in total. The molecule has 1 fully saturated rings.